The molecule has 0 saturated heterocycles. The van der Waals surface area contributed by atoms with E-state index < -0.39 is 8.32 Å². The maximum absolute atomic E-state index is 13.0. The molecule has 0 heterocycles. The molecule has 0 N–H and O–H groups in total. The molecule has 2 saturated carbocycles. The molecule has 0 unspecified atom stereocenters. The Hall–Kier alpha value is -0.153. The fraction of sp³-hybridized carbons (Fsp3) is 0.947. The third-order valence-corrected chi connectivity index (χ3v) is 12.3. The molecule has 2 bridgehead atoms. The van der Waals surface area contributed by atoms with Crippen LogP contribution in [0.1, 0.15) is 67.7 Å². The first-order chi connectivity index (χ1) is 9.76. The quantitative estimate of drug-likeness (QED) is 0.633. The van der Waals surface area contributed by atoms with E-state index in [1.54, 1.807) is 0 Å². The zero-order chi connectivity index (χ0) is 17.1. The van der Waals surface area contributed by atoms with Gasteiger partial charge in [0.2, 0.25) is 0 Å². The second-order valence-electron chi connectivity index (χ2n) is 10.0. The second-order valence-corrected chi connectivity index (χ2v) is 14.8. The largest absolute Gasteiger partial charge is 0.413 e. The highest BCUT2D eigenvalue weighted by molar-refractivity contribution is 6.74. The predicted molar refractivity (Wildman–Crippen MR) is 95.5 cm³/mol. The van der Waals surface area contributed by atoms with Gasteiger partial charge in [0.05, 0.1) is 6.10 Å². The number of rotatable bonds is 2. The van der Waals surface area contributed by atoms with Crippen LogP contribution < -0.4 is 0 Å². The molecule has 0 aliphatic heterocycles. The monoisotopic (exact) mass is 324 g/mol. The van der Waals surface area contributed by atoms with Crippen LogP contribution in [0, 0.1) is 22.7 Å². The lowest BCUT2D eigenvalue weighted by molar-refractivity contribution is -0.128. The summed E-state index contributed by atoms with van der Waals surface area (Å²) < 4.78 is 6.77. The number of hydrogen-bond acceptors (Lipinski definition) is 2. The van der Waals surface area contributed by atoms with Crippen LogP contribution in [0.5, 0.6) is 0 Å². The molecule has 2 aliphatic carbocycles. The zero-order valence-corrected chi connectivity index (χ0v) is 17.2. The average molecular weight is 325 g/mol. The summed E-state index contributed by atoms with van der Waals surface area (Å²) in [6, 6.07) is 0. The van der Waals surface area contributed by atoms with Crippen molar-refractivity contribution in [2.45, 2.75) is 92.0 Å². The van der Waals surface area contributed by atoms with Gasteiger partial charge in [-0.2, -0.15) is 0 Å². The number of Topliss-reactive ketones (excluding diaryl/α,β-unsaturated/α-hetero) is 1. The highest BCUT2D eigenvalue weighted by Gasteiger charge is 2.64. The van der Waals surface area contributed by atoms with Gasteiger partial charge in [-0.1, -0.05) is 54.9 Å². The van der Waals surface area contributed by atoms with E-state index in [0.29, 0.717) is 5.78 Å². The van der Waals surface area contributed by atoms with Crippen LogP contribution in [0.3, 0.4) is 0 Å². The topological polar surface area (TPSA) is 26.3 Å². The minimum atomic E-state index is -1.84. The van der Waals surface area contributed by atoms with E-state index in [9.17, 15) is 4.79 Å². The fourth-order valence-corrected chi connectivity index (χ4v) is 5.92. The molecule has 0 amide bonds. The number of ketones is 1. The van der Waals surface area contributed by atoms with Gasteiger partial charge in [0.25, 0.3) is 0 Å². The average Bonchev–Trinajstić information content (AvgIpc) is 2.42. The maximum Gasteiger partial charge on any atom is 0.192 e. The van der Waals surface area contributed by atoms with E-state index in [0.717, 1.165) is 12.8 Å². The standard InChI is InChI=1S/C19H36O2Si/c1-13-16(20)15-14(21-22(8,9)17(2,3)4)11-10-12-19(13,7)18(15,5)6/h13-15H,10-12H2,1-9H3/t13-,14-,15-,19+/m1/s1. The van der Waals surface area contributed by atoms with E-state index in [4.69, 9.17) is 4.43 Å². The van der Waals surface area contributed by atoms with Crippen molar-refractivity contribution >= 4 is 14.1 Å². The molecule has 0 radical (unpaired) electrons. The molecular weight excluding hydrogens is 288 g/mol. The van der Waals surface area contributed by atoms with Gasteiger partial charge in [0.1, 0.15) is 5.78 Å². The molecular formula is C19H36O2Si. The highest BCUT2D eigenvalue weighted by atomic mass is 28.4. The van der Waals surface area contributed by atoms with Crippen molar-refractivity contribution in [2.75, 3.05) is 0 Å². The van der Waals surface area contributed by atoms with Gasteiger partial charge in [-0.25, -0.2) is 0 Å². The summed E-state index contributed by atoms with van der Waals surface area (Å²) in [5, 5.41) is 0.194. The zero-order valence-electron chi connectivity index (χ0n) is 16.2. The first-order valence-corrected chi connectivity index (χ1v) is 11.9. The lowest BCUT2D eigenvalue weighted by atomic mass is 9.62. The van der Waals surface area contributed by atoms with Gasteiger partial charge >= 0.3 is 0 Å². The molecule has 0 aromatic heterocycles. The number of hydrogen-bond donors (Lipinski definition) is 0. The summed E-state index contributed by atoms with van der Waals surface area (Å²) in [7, 11) is -1.84. The molecule has 22 heavy (non-hydrogen) atoms. The van der Waals surface area contributed by atoms with Crippen molar-refractivity contribution in [3.8, 4) is 0 Å². The summed E-state index contributed by atoms with van der Waals surface area (Å²) in [5.74, 6) is 0.693. The van der Waals surface area contributed by atoms with Crippen LogP contribution in [0.25, 0.3) is 0 Å². The molecule has 2 nitrogen and oxygen atoms in total. The van der Waals surface area contributed by atoms with Crippen LogP contribution in [-0.2, 0) is 9.22 Å². The Kier molecular flexibility index (Phi) is 4.28. The summed E-state index contributed by atoms with van der Waals surface area (Å²) in [6.07, 6.45) is 3.51. The highest BCUT2D eigenvalue weighted by Crippen LogP contribution is 2.63. The van der Waals surface area contributed by atoms with Gasteiger partial charge in [0.15, 0.2) is 8.32 Å². The van der Waals surface area contributed by atoms with E-state index in [-0.39, 0.29) is 33.8 Å². The van der Waals surface area contributed by atoms with Crippen molar-refractivity contribution in [2.24, 2.45) is 22.7 Å². The minimum Gasteiger partial charge on any atom is -0.413 e. The Morgan fingerprint density at radius 1 is 1.18 bits per heavy atom. The summed E-state index contributed by atoms with van der Waals surface area (Å²) in [4.78, 5) is 13.0. The number of fused-ring (bicyclic) bond motifs is 2. The number of carbonyl (C=O) groups excluding carboxylic acids is 1. The molecule has 0 spiro atoms. The first-order valence-electron chi connectivity index (χ1n) is 8.97. The molecule has 0 aromatic carbocycles. The smallest absolute Gasteiger partial charge is 0.192 e. The SMILES string of the molecule is C[C@@H]1C(=O)[C@H]2[C@H](O[Si](C)(C)C(C)(C)C)CCC[C@]1(C)C2(C)C. The van der Waals surface area contributed by atoms with E-state index in [1.165, 1.54) is 6.42 Å². The van der Waals surface area contributed by atoms with Gasteiger partial charge in [-0.3, -0.25) is 4.79 Å². The van der Waals surface area contributed by atoms with Gasteiger partial charge < -0.3 is 4.43 Å². The van der Waals surface area contributed by atoms with Crippen molar-refractivity contribution in [3.63, 3.8) is 0 Å². The third-order valence-electron chi connectivity index (χ3n) is 7.75. The molecule has 0 aromatic rings. The Morgan fingerprint density at radius 2 is 1.73 bits per heavy atom. The summed E-state index contributed by atoms with van der Waals surface area (Å²) in [6.45, 7) is 20.6. The molecule has 2 fully saturated rings. The maximum atomic E-state index is 13.0. The third kappa shape index (κ3) is 2.43. The first kappa shape index (κ1) is 18.2. The summed E-state index contributed by atoms with van der Waals surface area (Å²) in [5.41, 5.74) is 0.160. The van der Waals surface area contributed by atoms with Crippen molar-refractivity contribution < 1.29 is 9.22 Å². The minimum absolute atomic E-state index is 0.0348. The predicted octanol–water partition coefficient (Wildman–Crippen LogP) is 5.43. The van der Waals surface area contributed by atoms with Gasteiger partial charge in [-0.15, -0.1) is 0 Å². The number of carbonyl (C=O) groups is 1. The molecule has 4 atom stereocenters. The van der Waals surface area contributed by atoms with Crippen LogP contribution in [0.2, 0.25) is 18.1 Å². The Morgan fingerprint density at radius 3 is 2.23 bits per heavy atom. The van der Waals surface area contributed by atoms with Crippen molar-refractivity contribution in [1.82, 2.24) is 0 Å². The van der Waals surface area contributed by atoms with Crippen LogP contribution in [0.4, 0.5) is 0 Å². The lowest BCUT2D eigenvalue weighted by Gasteiger charge is -2.44. The second kappa shape index (κ2) is 5.17. The van der Waals surface area contributed by atoms with Crippen LogP contribution >= 0.6 is 0 Å². The fourth-order valence-electron chi connectivity index (χ4n) is 4.56. The molecule has 128 valence electrons. The van der Waals surface area contributed by atoms with Gasteiger partial charge in [0, 0.05) is 11.8 Å². The summed E-state index contributed by atoms with van der Waals surface area (Å²) >= 11 is 0. The lowest BCUT2D eigenvalue weighted by Crippen LogP contribution is -2.48. The van der Waals surface area contributed by atoms with E-state index >= 15 is 0 Å². The van der Waals surface area contributed by atoms with Crippen LogP contribution in [0.15, 0.2) is 0 Å². The molecule has 2 aliphatic rings. The normalized spacial score (nSPS) is 39.0. The van der Waals surface area contributed by atoms with Crippen molar-refractivity contribution in [1.29, 1.82) is 0 Å². The molecule has 2 rings (SSSR count). The van der Waals surface area contributed by atoms with E-state index in [1.807, 2.05) is 0 Å². The Labute approximate surface area is 138 Å². The molecule has 3 heteroatoms. The Balaban J connectivity index is 2.38. The van der Waals surface area contributed by atoms with Gasteiger partial charge in [-0.05, 0) is 41.8 Å². The van der Waals surface area contributed by atoms with Crippen molar-refractivity contribution in [3.05, 3.63) is 0 Å². The Bertz CT molecular complexity index is 461. The van der Waals surface area contributed by atoms with Crippen LogP contribution in [-0.4, -0.2) is 20.2 Å². The van der Waals surface area contributed by atoms with E-state index in [2.05, 4.69) is 61.6 Å².